The summed E-state index contributed by atoms with van der Waals surface area (Å²) in [5, 5.41) is 0. The number of nitrogens with zero attached hydrogens (tertiary/aromatic N) is 4. The Morgan fingerprint density at radius 3 is 3.00 bits per heavy atom. The highest BCUT2D eigenvalue weighted by atomic mass is 15.1. The van der Waals surface area contributed by atoms with Gasteiger partial charge in [-0.05, 0) is 6.42 Å². The lowest BCUT2D eigenvalue weighted by Crippen LogP contribution is -1.96. The summed E-state index contributed by atoms with van der Waals surface area (Å²) in [4.78, 5) is 12.8. The molecule has 68 valence electrons. The zero-order valence-corrected chi connectivity index (χ0v) is 7.86. The molecule has 0 amide bonds. The molecule has 0 radical (unpaired) electrons. The SMILES string of the molecule is CCCc1ncc2ncn(C)c2n1. The minimum Gasteiger partial charge on any atom is -0.318 e. The van der Waals surface area contributed by atoms with Crippen molar-refractivity contribution in [3.63, 3.8) is 0 Å². The predicted octanol–water partition coefficient (Wildman–Crippen LogP) is 1.32. The average Bonchev–Trinajstić information content (AvgIpc) is 2.49. The summed E-state index contributed by atoms with van der Waals surface area (Å²) in [5.74, 6) is 0.901. The van der Waals surface area contributed by atoms with Crippen molar-refractivity contribution in [2.24, 2.45) is 7.05 Å². The van der Waals surface area contributed by atoms with E-state index in [9.17, 15) is 0 Å². The summed E-state index contributed by atoms with van der Waals surface area (Å²) in [6.45, 7) is 2.12. The highest BCUT2D eigenvalue weighted by molar-refractivity contribution is 5.69. The molecule has 2 aromatic heterocycles. The summed E-state index contributed by atoms with van der Waals surface area (Å²) in [6, 6.07) is 0. The Morgan fingerprint density at radius 1 is 1.38 bits per heavy atom. The lowest BCUT2D eigenvalue weighted by atomic mass is 10.3. The maximum absolute atomic E-state index is 4.41. The second-order valence-corrected chi connectivity index (χ2v) is 3.10. The molecule has 0 aliphatic rings. The maximum Gasteiger partial charge on any atom is 0.163 e. The van der Waals surface area contributed by atoms with Crippen LogP contribution in [0.2, 0.25) is 0 Å². The Balaban J connectivity index is 2.53. The van der Waals surface area contributed by atoms with Crippen LogP contribution in [-0.4, -0.2) is 19.5 Å². The minimum atomic E-state index is 0.863. The fourth-order valence-corrected chi connectivity index (χ4v) is 1.30. The van der Waals surface area contributed by atoms with Crippen LogP contribution in [0.5, 0.6) is 0 Å². The molecule has 0 unspecified atom stereocenters. The first-order valence-corrected chi connectivity index (χ1v) is 4.44. The first kappa shape index (κ1) is 8.16. The number of aromatic nitrogens is 4. The number of rotatable bonds is 2. The second kappa shape index (κ2) is 3.12. The van der Waals surface area contributed by atoms with E-state index in [0.717, 1.165) is 29.8 Å². The van der Waals surface area contributed by atoms with Crippen molar-refractivity contribution in [2.75, 3.05) is 0 Å². The van der Waals surface area contributed by atoms with E-state index in [1.54, 1.807) is 12.5 Å². The van der Waals surface area contributed by atoms with Gasteiger partial charge in [0.2, 0.25) is 0 Å². The van der Waals surface area contributed by atoms with Gasteiger partial charge in [0.15, 0.2) is 5.65 Å². The van der Waals surface area contributed by atoms with Crippen molar-refractivity contribution in [3.8, 4) is 0 Å². The van der Waals surface area contributed by atoms with Crippen LogP contribution in [0.4, 0.5) is 0 Å². The van der Waals surface area contributed by atoms with E-state index in [1.165, 1.54) is 0 Å². The van der Waals surface area contributed by atoms with Crippen molar-refractivity contribution in [1.29, 1.82) is 0 Å². The van der Waals surface area contributed by atoms with Crippen LogP contribution in [0.25, 0.3) is 11.2 Å². The van der Waals surface area contributed by atoms with Crippen LogP contribution >= 0.6 is 0 Å². The van der Waals surface area contributed by atoms with Gasteiger partial charge in [-0.3, -0.25) is 0 Å². The highest BCUT2D eigenvalue weighted by Gasteiger charge is 2.02. The van der Waals surface area contributed by atoms with Crippen LogP contribution in [0.3, 0.4) is 0 Å². The van der Waals surface area contributed by atoms with Gasteiger partial charge >= 0.3 is 0 Å². The lowest BCUT2D eigenvalue weighted by Gasteiger charge is -1.97. The van der Waals surface area contributed by atoms with E-state index in [0.29, 0.717) is 0 Å². The Kier molecular flexibility index (Phi) is 1.96. The summed E-state index contributed by atoms with van der Waals surface area (Å²) >= 11 is 0. The van der Waals surface area contributed by atoms with Crippen molar-refractivity contribution < 1.29 is 0 Å². The lowest BCUT2D eigenvalue weighted by molar-refractivity contribution is 0.831. The summed E-state index contributed by atoms with van der Waals surface area (Å²) < 4.78 is 1.91. The van der Waals surface area contributed by atoms with Gasteiger partial charge in [0.25, 0.3) is 0 Å². The first-order valence-electron chi connectivity index (χ1n) is 4.44. The Hall–Kier alpha value is -1.45. The summed E-state index contributed by atoms with van der Waals surface area (Å²) in [7, 11) is 1.94. The number of fused-ring (bicyclic) bond motifs is 1. The summed E-state index contributed by atoms with van der Waals surface area (Å²) in [6.07, 6.45) is 5.55. The zero-order chi connectivity index (χ0) is 9.26. The topological polar surface area (TPSA) is 43.6 Å². The molecule has 0 aliphatic heterocycles. The molecule has 0 aromatic carbocycles. The Labute approximate surface area is 76.7 Å². The van der Waals surface area contributed by atoms with Crippen LogP contribution in [0.15, 0.2) is 12.5 Å². The van der Waals surface area contributed by atoms with E-state index in [2.05, 4.69) is 21.9 Å². The molecule has 0 bridgehead atoms. The van der Waals surface area contributed by atoms with Gasteiger partial charge < -0.3 is 4.57 Å². The van der Waals surface area contributed by atoms with Crippen LogP contribution in [0.1, 0.15) is 19.2 Å². The van der Waals surface area contributed by atoms with Crippen LogP contribution in [0, 0.1) is 0 Å². The maximum atomic E-state index is 4.41. The van der Waals surface area contributed by atoms with E-state index >= 15 is 0 Å². The fraction of sp³-hybridized carbons (Fsp3) is 0.444. The molecule has 2 rings (SSSR count). The van der Waals surface area contributed by atoms with Gasteiger partial charge in [0.1, 0.15) is 11.3 Å². The molecule has 0 atom stereocenters. The molecule has 0 saturated carbocycles. The number of hydrogen-bond acceptors (Lipinski definition) is 3. The molecule has 4 heteroatoms. The van der Waals surface area contributed by atoms with Gasteiger partial charge in [0, 0.05) is 13.5 Å². The van der Waals surface area contributed by atoms with E-state index < -0.39 is 0 Å². The molecule has 2 aromatic rings. The van der Waals surface area contributed by atoms with Crippen LogP contribution < -0.4 is 0 Å². The van der Waals surface area contributed by atoms with Crippen molar-refractivity contribution in [3.05, 3.63) is 18.3 Å². The quantitative estimate of drug-likeness (QED) is 0.693. The molecule has 13 heavy (non-hydrogen) atoms. The first-order chi connectivity index (χ1) is 6.31. The van der Waals surface area contributed by atoms with Crippen molar-refractivity contribution in [1.82, 2.24) is 19.5 Å². The number of aryl methyl sites for hydroxylation is 2. The van der Waals surface area contributed by atoms with E-state index in [-0.39, 0.29) is 0 Å². The van der Waals surface area contributed by atoms with E-state index in [4.69, 9.17) is 0 Å². The Bertz CT molecular complexity index is 418. The third-order valence-electron chi connectivity index (χ3n) is 1.98. The van der Waals surface area contributed by atoms with Crippen LogP contribution in [-0.2, 0) is 13.5 Å². The Morgan fingerprint density at radius 2 is 2.23 bits per heavy atom. The smallest absolute Gasteiger partial charge is 0.163 e. The average molecular weight is 176 g/mol. The molecule has 0 N–H and O–H groups in total. The number of hydrogen-bond donors (Lipinski definition) is 0. The molecule has 0 fully saturated rings. The van der Waals surface area contributed by atoms with Crippen molar-refractivity contribution in [2.45, 2.75) is 19.8 Å². The van der Waals surface area contributed by atoms with Gasteiger partial charge in [-0.2, -0.15) is 0 Å². The predicted molar refractivity (Wildman–Crippen MR) is 50.3 cm³/mol. The molecule has 0 saturated heterocycles. The minimum absolute atomic E-state index is 0.863. The monoisotopic (exact) mass is 176 g/mol. The fourth-order valence-electron chi connectivity index (χ4n) is 1.30. The third kappa shape index (κ3) is 1.39. The van der Waals surface area contributed by atoms with Gasteiger partial charge in [-0.15, -0.1) is 0 Å². The zero-order valence-electron chi connectivity index (χ0n) is 7.86. The molecule has 0 spiro atoms. The third-order valence-corrected chi connectivity index (χ3v) is 1.98. The van der Waals surface area contributed by atoms with E-state index in [1.807, 2.05) is 11.6 Å². The molecule has 4 nitrogen and oxygen atoms in total. The molecular formula is C9H12N4. The largest absolute Gasteiger partial charge is 0.318 e. The number of imidazole rings is 1. The van der Waals surface area contributed by atoms with Gasteiger partial charge in [-0.1, -0.05) is 6.92 Å². The standard InChI is InChI=1S/C9H12N4/c1-3-4-8-10-5-7-9(12-8)13(2)6-11-7/h5-6H,3-4H2,1-2H3. The van der Waals surface area contributed by atoms with Crippen molar-refractivity contribution >= 4 is 11.2 Å². The highest BCUT2D eigenvalue weighted by Crippen LogP contribution is 2.07. The molecule has 2 heterocycles. The normalized spacial score (nSPS) is 10.9. The summed E-state index contributed by atoms with van der Waals surface area (Å²) in [5.41, 5.74) is 1.78. The van der Waals surface area contributed by atoms with Gasteiger partial charge in [0.05, 0.1) is 12.5 Å². The molecule has 0 aliphatic carbocycles. The second-order valence-electron chi connectivity index (χ2n) is 3.10. The van der Waals surface area contributed by atoms with Gasteiger partial charge in [-0.25, -0.2) is 15.0 Å². The molecular weight excluding hydrogens is 164 g/mol.